The Morgan fingerprint density at radius 1 is 0.893 bits per heavy atom. The molecule has 1 aliphatic heterocycles. The summed E-state index contributed by atoms with van der Waals surface area (Å²) in [4.78, 5) is 12.6. The molecule has 5 rings (SSSR count). The van der Waals surface area contributed by atoms with Crippen LogP contribution in [0.2, 0.25) is 5.02 Å². The van der Waals surface area contributed by atoms with Gasteiger partial charge in [-0.2, -0.15) is 5.10 Å². The highest BCUT2D eigenvalue weighted by atomic mass is 35.5. The molecule has 1 saturated carbocycles. The van der Waals surface area contributed by atoms with E-state index in [-0.39, 0.29) is 0 Å². The molecule has 0 radical (unpaired) electrons. The maximum atomic E-state index is 6.48. The average Bonchev–Trinajstić information content (AvgIpc) is 3.18. The fourth-order valence-corrected chi connectivity index (χ4v) is 4.82. The van der Waals surface area contributed by atoms with E-state index in [1.54, 1.807) is 0 Å². The summed E-state index contributed by atoms with van der Waals surface area (Å²) in [5.74, 6) is 2.50. The number of aromatic nitrogens is 4. The first kappa shape index (κ1) is 17.9. The second-order valence-corrected chi connectivity index (χ2v) is 8.44. The predicted molar refractivity (Wildman–Crippen MR) is 114 cm³/mol. The number of hydrogen-bond donors (Lipinski definition) is 0. The van der Waals surface area contributed by atoms with Crippen molar-refractivity contribution in [3.05, 3.63) is 41.3 Å². The first-order chi connectivity index (χ1) is 13.8. The summed E-state index contributed by atoms with van der Waals surface area (Å²) in [5, 5.41) is 6.39. The molecular formula is C22H26ClN5. The van der Waals surface area contributed by atoms with Crippen LogP contribution in [-0.4, -0.2) is 32.8 Å². The van der Waals surface area contributed by atoms with Crippen LogP contribution in [0, 0.1) is 0 Å². The van der Waals surface area contributed by atoms with Gasteiger partial charge in [-0.25, -0.2) is 14.6 Å². The minimum absolute atomic E-state index is 0.455. The third-order valence-corrected chi connectivity index (χ3v) is 6.45. The van der Waals surface area contributed by atoms with Crippen LogP contribution < -0.4 is 4.90 Å². The highest BCUT2D eigenvalue weighted by molar-refractivity contribution is 6.32. The fourth-order valence-electron chi connectivity index (χ4n) is 4.60. The summed E-state index contributed by atoms with van der Waals surface area (Å²) in [6, 6.07) is 7.83. The third-order valence-electron chi connectivity index (χ3n) is 6.13. The number of rotatable bonds is 3. The first-order valence-corrected chi connectivity index (χ1v) is 10.9. The Bertz CT molecular complexity index is 970. The van der Waals surface area contributed by atoms with Crippen LogP contribution >= 0.6 is 11.6 Å². The molecule has 2 aromatic heterocycles. The van der Waals surface area contributed by atoms with Crippen LogP contribution in [0.3, 0.4) is 0 Å². The lowest BCUT2D eigenvalue weighted by atomic mass is 9.88. The second kappa shape index (κ2) is 7.70. The highest BCUT2D eigenvalue weighted by Crippen LogP contribution is 2.35. The minimum atomic E-state index is 0.455. The quantitative estimate of drug-likeness (QED) is 0.586. The number of fused-ring (bicyclic) bond motifs is 1. The Morgan fingerprint density at radius 3 is 2.43 bits per heavy atom. The van der Waals surface area contributed by atoms with Crippen LogP contribution in [0.4, 0.5) is 5.82 Å². The van der Waals surface area contributed by atoms with Crippen LogP contribution in [0.5, 0.6) is 0 Å². The summed E-state index contributed by atoms with van der Waals surface area (Å²) in [5.41, 5.74) is 1.75. The molecule has 2 fully saturated rings. The summed E-state index contributed by atoms with van der Waals surface area (Å²) in [7, 11) is 0. The smallest absolute Gasteiger partial charge is 0.168 e. The summed E-state index contributed by atoms with van der Waals surface area (Å²) < 4.78 is 1.89. The van der Waals surface area contributed by atoms with E-state index in [0.29, 0.717) is 10.9 Å². The van der Waals surface area contributed by atoms with Gasteiger partial charge in [0.25, 0.3) is 0 Å². The van der Waals surface area contributed by atoms with Gasteiger partial charge >= 0.3 is 0 Å². The van der Waals surface area contributed by atoms with Crippen molar-refractivity contribution in [1.82, 2.24) is 19.7 Å². The van der Waals surface area contributed by atoms with Gasteiger partial charge in [0, 0.05) is 19.0 Å². The Balaban J connectivity index is 1.68. The van der Waals surface area contributed by atoms with Crippen LogP contribution in [-0.2, 0) is 0 Å². The number of anilines is 1. The van der Waals surface area contributed by atoms with Crippen molar-refractivity contribution in [3.63, 3.8) is 0 Å². The van der Waals surface area contributed by atoms with Crippen molar-refractivity contribution in [2.45, 2.75) is 57.3 Å². The van der Waals surface area contributed by atoms with Gasteiger partial charge in [-0.1, -0.05) is 43.0 Å². The third kappa shape index (κ3) is 3.26. The number of piperidine rings is 1. The average molecular weight is 396 g/mol. The monoisotopic (exact) mass is 395 g/mol. The van der Waals surface area contributed by atoms with Gasteiger partial charge in [-0.15, -0.1) is 0 Å². The standard InChI is InChI=1S/C22H26ClN5/c23-18-11-5-6-12-19(18)28-22-17(15-24-28)21(27-13-7-2-8-14-27)25-20(26-22)16-9-3-1-4-10-16/h5-6,11-12,15-16H,1-4,7-10,13-14H2. The van der Waals surface area contributed by atoms with Crippen LogP contribution in [0.25, 0.3) is 16.7 Å². The number of para-hydroxylation sites is 1. The molecule has 0 spiro atoms. The lowest BCUT2D eigenvalue weighted by molar-refractivity contribution is 0.429. The van der Waals surface area contributed by atoms with Gasteiger partial charge in [0.2, 0.25) is 0 Å². The first-order valence-electron chi connectivity index (χ1n) is 10.6. The normalized spacial score (nSPS) is 18.7. The zero-order valence-corrected chi connectivity index (χ0v) is 16.9. The molecule has 3 heterocycles. The van der Waals surface area contributed by atoms with Crippen LogP contribution in [0.1, 0.15) is 63.1 Å². The summed E-state index contributed by atoms with van der Waals surface area (Å²) >= 11 is 6.48. The van der Waals surface area contributed by atoms with E-state index in [1.807, 2.05) is 35.1 Å². The lowest BCUT2D eigenvalue weighted by Crippen LogP contribution is -2.31. The molecule has 6 heteroatoms. The number of hydrogen-bond acceptors (Lipinski definition) is 4. The predicted octanol–water partition coefficient (Wildman–Crippen LogP) is 5.51. The zero-order chi connectivity index (χ0) is 18.9. The second-order valence-electron chi connectivity index (χ2n) is 8.03. The maximum Gasteiger partial charge on any atom is 0.168 e. The summed E-state index contributed by atoms with van der Waals surface area (Å²) in [6.07, 6.45) is 11.9. The fraction of sp³-hybridized carbons (Fsp3) is 0.500. The van der Waals surface area contributed by atoms with E-state index in [2.05, 4.69) is 10.00 Å². The molecule has 28 heavy (non-hydrogen) atoms. The van der Waals surface area contributed by atoms with Crippen molar-refractivity contribution in [2.24, 2.45) is 0 Å². The molecule has 1 aliphatic carbocycles. The molecule has 0 unspecified atom stereocenters. The molecule has 0 bridgehead atoms. The van der Waals surface area contributed by atoms with Gasteiger partial charge in [0.15, 0.2) is 5.65 Å². The van der Waals surface area contributed by atoms with Crippen molar-refractivity contribution in [1.29, 1.82) is 0 Å². The topological polar surface area (TPSA) is 46.8 Å². The van der Waals surface area contributed by atoms with Gasteiger partial charge < -0.3 is 4.90 Å². The molecule has 0 amide bonds. The molecule has 146 valence electrons. The van der Waals surface area contributed by atoms with Crippen molar-refractivity contribution >= 4 is 28.5 Å². The molecule has 0 atom stereocenters. The number of nitrogens with zero attached hydrogens (tertiary/aromatic N) is 5. The van der Waals surface area contributed by atoms with Crippen molar-refractivity contribution in [2.75, 3.05) is 18.0 Å². The largest absolute Gasteiger partial charge is 0.356 e. The Morgan fingerprint density at radius 2 is 1.64 bits per heavy atom. The summed E-state index contributed by atoms with van der Waals surface area (Å²) in [6.45, 7) is 2.13. The van der Waals surface area contributed by atoms with E-state index in [0.717, 1.165) is 41.5 Å². The van der Waals surface area contributed by atoms with Crippen molar-refractivity contribution < 1.29 is 0 Å². The number of benzene rings is 1. The molecule has 0 N–H and O–H groups in total. The Labute approximate surface area is 170 Å². The van der Waals surface area contributed by atoms with Gasteiger partial charge in [-0.05, 0) is 44.2 Å². The molecule has 5 nitrogen and oxygen atoms in total. The Hall–Kier alpha value is -2.14. The van der Waals surface area contributed by atoms with Gasteiger partial charge in [0.1, 0.15) is 11.6 Å². The lowest BCUT2D eigenvalue weighted by Gasteiger charge is -2.29. The maximum absolute atomic E-state index is 6.48. The Kier molecular flexibility index (Phi) is 4.93. The molecule has 1 aromatic carbocycles. The molecule has 3 aromatic rings. The van der Waals surface area contributed by atoms with E-state index in [1.165, 1.54) is 51.4 Å². The molecule has 2 aliphatic rings. The van der Waals surface area contributed by atoms with Crippen molar-refractivity contribution in [3.8, 4) is 5.69 Å². The van der Waals surface area contributed by atoms with Gasteiger partial charge in [0.05, 0.1) is 22.3 Å². The van der Waals surface area contributed by atoms with E-state index in [4.69, 9.17) is 21.6 Å². The van der Waals surface area contributed by atoms with E-state index >= 15 is 0 Å². The number of halogens is 1. The van der Waals surface area contributed by atoms with E-state index in [9.17, 15) is 0 Å². The highest BCUT2D eigenvalue weighted by Gasteiger charge is 2.25. The molecule has 1 saturated heterocycles. The zero-order valence-electron chi connectivity index (χ0n) is 16.1. The minimum Gasteiger partial charge on any atom is -0.356 e. The van der Waals surface area contributed by atoms with Gasteiger partial charge in [-0.3, -0.25) is 0 Å². The van der Waals surface area contributed by atoms with E-state index < -0.39 is 0 Å². The van der Waals surface area contributed by atoms with Crippen LogP contribution in [0.15, 0.2) is 30.5 Å². The SMILES string of the molecule is Clc1ccccc1-n1ncc2c(N3CCCCC3)nc(C3CCCCC3)nc21. The molecular weight excluding hydrogens is 370 g/mol.